The summed E-state index contributed by atoms with van der Waals surface area (Å²) in [7, 11) is -3.74. The van der Waals surface area contributed by atoms with Crippen molar-refractivity contribution in [3.05, 3.63) is 64.9 Å². The Balaban J connectivity index is 1.62. The fourth-order valence-corrected chi connectivity index (χ4v) is 4.63. The molecule has 0 aliphatic carbocycles. The molecule has 2 aromatic rings. The zero-order valence-corrected chi connectivity index (χ0v) is 15.4. The summed E-state index contributed by atoms with van der Waals surface area (Å²) in [6, 6.07) is 12.2. The molecule has 1 aliphatic heterocycles. The highest BCUT2D eigenvalue weighted by atomic mass is 35.5. The van der Waals surface area contributed by atoms with Crippen LogP contribution in [-0.4, -0.2) is 37.8 Å². The quantitative estimate of drug-likeness (QED) is 0.863. The van der Waals surface area contributed by atoms with Crippen molar-refractivity contribution in [2.45, 2.75) is 23.8 Å². The second-order valence-electron chi connectivity index (χ2n) is 6.09. The van der Waals surface area contributed by atoms with E-state index in [4.69, 9.17) is 11.6 Å². The van der Waals surface area contributed by atoms with Crippen LogP contribution in [0.4, 0.5) is 4.39 Å². The van der Waals surface area contributed by atoms with Crippen LogP contribution in [0.1, 0.15) is 23.2 Å². The van der Waals surface area contributed by atoms with Gasteiger partial charge in [-0.05, 0) is 43.2 Å². The highest BCUT2D eigenvalue weighted by molar-refractivity contribution is 7.89. The molecule has 0 saturated carbocycles. The monoisotopic (exact) mass is 396 g/mol. The number of piperidine rings is 1. The van der Waals surface area contributed by atoms with E-state index in [1.807, 2.05) is 6.07 Å². The van der Waals surface area contributed by atoms with Crippen molar-refractivity contribution in [3.8, 4) is 0 Å². The molecule has 1 heterocycles. The number of carbonyl (C=O) groups is 1. The molecule has 8 heteroatoms. The average Bonchev–Trinajstić information content (AvgIpc) is 2.65. The van der Waals surface area contributed by atoms with E-state index in [0.29, 0.717) is 18.4 Å². The third-order valence-corrected chi connectivity index (χ3v) is 6.54. The second-order valence-corrected chi connectivity index (χ2v) is 8.44. The van der Waals surface area contributed by atoms with Gasteiger partial charge in [-0.15, -0.1) is 0 Å². The third kappa shape index (κ3) is 4.06. The SMILES string of the molecule is O=C(NC1CCN(S(=O)(=O)c2ccc(F)c(Cl)c2)CC1)c1ccccc1. The van der Waals surface area contributed by atoms with Gasteiger partial charge in [0.15, 0.2) is 0 Å². The number of nitrogens with one attached hydrogen (secondary N) is 1. The van der Waals surface area contributed by atoms with Crippen molar-refractivity contribution in [3.63, 3.8) is 0 Å². The number of amides is 1. The molecular formula is C18H18ClFN2O3S. The highest BCUT2D eigenvalue weighted by Crippen LogP contribution is 2.24. The second kappa shape index (κ2) is 7.73. The lowest BCUT2D eigenvalue weighted by Crippen LogP contribution is -2.46. The Bertz CT molecular complexity index is 898. The fourth-order valence-electron chi connectivity index (χ4n) is 2.89. The van der Waals surface area contributed by atoms with Gasteiger partial charge in [-0.25, -0.2) is 12.8 Å². The van der Waals surface area contributed by atoms with Gasteiger partial charge in [0.1, 0.15) is 5.82 Å². The maximum absolute atomic E-state index is 13.3. The molecule has 2 aromatic carbocycles. The number of nitrogens with zero attached hydrogens (tertiary/aromatic N) is 1. The smallest absolute Gasteiger partial charge is 0.251 e. The number of hydrogen-bond acceptors (Lipinski definition) is 3. The maximum atomic E-state index is 13.3. The topological polar surface area (TPSA) is 66.5 Å². The zero-order chi connectivity index (χ0) is 18.7. The van der Waals surface area contributed by atoms with Crippen LogP contribution in [0.15, 0.2) is 53.4 Å². The summed E-state index contributed by atoms with van der Waals surface area (Å²) in [4.78, 5) is 12.2. The minimum absolute atomic E-state index is 0.0318. The Morgan fingerprint density at radius 2 is 1.77 bits per heavy atom. The van der Waals surface area contributed by atoms with Crippen LogP contribution in [0.3, 0.4) is 0 Å². The van der Waals surface area contributed by atoms with Crippen LogP contribution in [0.25, 0.3) is 0 Å². The van der Waals surface area contributed by atoms with Gasteiger partial charge in [0.2, 0.25) is 10.0 Å². The average molecular weight is 397 g/mol. The lowest BCUT2D eigenvalue weighted by molar-refractivity contribution is 0.0924. The van der Waals surface area contributed by atoms with Crippen molar-refractivity contribution < 1.29 is 17.6 Å². The van der Waals surface area contributed by atoms with Crippen molar-refractivity contribution in [2.75, 3.05) is 13.1 Å². The van der Waals surface area contributed by atoms with Crippen LogP contribution < -0.4 is 5.32 Å². The van der Waals surface area contributed by atoms with E-state index in [1.54, 1.807) is 24.3 Å². The first-order valence-corrected chi connectivity index (χ1v) is 10.0. The van der Waals surface area contributed by atoms with E-state index >= 15 is 0 Å². The van der Waals surface area contributed by atoms with Gasteiger partial charge in [-0.1, -0.05) is 29.8 Å². The third-order valence-electron chi connectivity index (χ3n) is 4.35. The Morgan fingerprint density at radius 3 is 2.38 bits per heavy atom. The molecule has 0 bridgehead atoms. The largest absolute Gasteiger partial charge is 0.349 e. The first-order chi connectivity index (χ1) is 12.4. The summed E-state index contributed by atoms with van der Waals surface area (Å²) in [5.41, 5.74) is 0.573. The predicted octanol–water partition coefficient (Wildman–Crippen LogP) is 3.06. The molecule has 3 rings (SSSR count). The summed E-state index contributed by atoms with van der Waals surface area (Å²) in [6.07, 6.45) is 1.01. The van der Waals surface area contributed by atoms with Gasteiger partial charge in [0, 0.05) is 24.7 Å². The van der Waals surface area contributed by atoms with Crippen LogP contribution in [0, 0.1) is 5.82 Å². The van der Waals surface area contributed by atoms with Crippen molar-refractivity contribution in [1.82, 2.24) is 9.62 Å². The zero-order valence-electron chi connectivity index (χ0n) is 13.9. The Labute approximate surface area is 156 Å². The molecule has 0 radical (unpaired) electrons. The summed E-state index contributed by atoms with van der Waals surface area (Å²) < 4.78 is 39.9. The molecule has 5 nitrogen and oxygen atoms in total. The number of rotatable bonds is 4. The van der Waals surface area contributed by atoms with Gasteiger partial charge in [-0.2, -0.15) is 4.31 Å². The molecule has 1 aliphatic rings. The fraction of sp³-hybridized carbons (Fsp3) is 0.278. The van der Waals surface area contributed by atoms with E-state index in [0.717, 1.165) is 12.1 Å². The summed E-state index contributed by atoms with van der Waals surface area (Å²) >= 11 is 5.69. The molecule has 1 N–H and O–H groups in total. The predicted molar refractivity (Wildman–Crippen MR) is 97.1 cm³/mol. The maximum Gasteiger partial charge on any atom is 0.251 e. The van der Waals surface area contributed by atoms with Crippen LogP contribution in [-0.2, 0) is 10.0 Å². The van der Waals surface area contributed by atoms with E-state index in [2.05, 4.69) is 5.32 Å². The van der Waals surface area contributed by atoms with Crippen LogP contribution in [0.2, 0.25) is 5.02 Å². The number of sulfonamides is 1. The normalized spacial score (nSPS) is 16.4. The van der Waals surface area contributed by atoms with E-state index in [9.17, 15) is 17.6 Å². The van der Waals surface area contributed by atoms with Gasteiger partial charge in [-0.3, -0.25) is 4.79 Å². The lowest BCUT2D eigenvalue weighted by atomic mass is 10.1. The van der Waals surface area contributed by atoms with Crippen molar-refractivity contribution >= 4 is 27.5 Å². The number of hydrogen-bond donors (Lipinski definition) is 1. The molecule has 0 aromatic heterocycles. The Morgan fingerprint density at radius 1 is 1.12 bits per heavy atom. The van der Waals surface area contributed by atoms with E-state index < -0.39 is 15.8 Å². The molecular weight excluding hydrogens is 379 g/mol. The standard InChI is InChI=1S/C18H18ClFN2O3S/c19-16-12-15(6-7-17(16)20)26(24,25)22-10-8-14(9-11-22)21-18(23)13-4-2-1-3-5-13/h1-7,12,14H,8-11H2,(H,21,23). The Kier molecular flexibility index (Phi) is 5.60. The molecule has 0 spiro atoms. The van der Waals surface area contributed by atoms with Gasteiger partial charge >= 0.3 is 0 Å². The van der Waals surface area contributed by atoms with Crippen LogP contribution in [0.5, 0.6) is 0 Å². The summed E-state index contributed by atoms with van der Waals surface area (Å²) in [5.74, 6) is -0.829. The molecule has 1 saturated heterocycles. The summed E-state index contributed by atoms with van der Waals surface area (Å²) in [6.45, 7) is 0.550. The Hall–Kier alpha value is -1.96. The van der Waals surface area contributed by atoms with Gasteiger partial charge in [0.05, 0.1) is 9.92 Å². The first kappa shape index (κ1) is 18.8. The molecule has 26 heavy (non-hydrogen) atoms. The summed E-state index contributed by atoms with van der Waals surface area (Å²) in [5, 5.41) is 2.71. The molecule has 0 unspecified atom stereocenters. The number of carbonyl (C=O) groups excluding carboxylic acids is 1. The molecule has 138 valence electrons. The van der Waals surface area contributed by atoms with Crippen molar-refractivity contribution in [1.29, 1.82) is 0 Å². The molecule has 1 fully saturated rings. The van der Waals surface area contributed by atoms with Gasteiger partial charge < -0.3 is 5.32 Å². The molecule has 0 atom stereocenters. The van der Waals surface area contributed by atoms with Crippen LogP contribution >= 0.6 is 11.6 Å². The van der Waals surface area contributed by atoms with Crippen molar-refractivity contribution in [2.24, 2.45) is 0 Å². The minimum Gasteiger partial charge on any atom is -0.349 e. The highest BCUT2D eigenvalue weighted by Gasteiger charge is 2.30. The molecule has 1 amide bonds. The van der Waals surface area contributed by atoms with Gasteiger partial charge in [0.25, 0.3) is 5.91 Å². The number of halogens is 2. The number of benzene rings is 2. The lowest BCUT2D eigenvalue weighted by Gasteiger charge is -2.31. The van der Waals surface area contributed by atoms with E-state index in [-0.39, 0.29) is 35.0 Å². The minimum atomic E-state index is -3.74. The first-order valence-electron chi connectivity index (χ1n) is 8.19. The van der Waals surface area contributed by atoms with E-state index in [1.165, 1.54) is 10.4 Å².